The molecule has 0 N–H and O–H groups in total. The van der Waals surface area contributed by atoms with E-state index in [0.717, 1.165) is 16.7 Å². The number of carbonyl (C=O) groups is 1. The minimum atomic E-state index is -1.36. The highest BCUT2D eigenvalue weighted by molar-refractivity contribution is 6.32. The lowest BCUT2D eigenvalue weighted by Crippen LogP contribution is -2.48. The van der Waals surface area contributed by atoms with Crippen molar-refractivity contribution in [2.24, 2.45) is 0 Å². The third-order valence-corrected chi connectivity index (χ3v) is 8.70. The Morgan fingerprint density at radius 1 is 0.841 bits per heavy atom. The van der Waals surface area contributed by atoms with Crippen molar-refractivity contribution in [2.75, 3.05) is 18.0 Å². The summed E-state index contributed by atoms with van der Waals surface area (Å²) in [6, 6.07) is 29.9. The summed E-state index contributed by atoms with van der Waals surface area (Å²) in [6.07, 6.45) is -0.488. The van der Waals surface area contributed by atoms with Gasteiger partial charge < -0.3 is 14.1 Å². The van der Waals surface area contributed by atoms with Gasteiger partial charge in [0, 0.05) is 25.1 Å². The van der Waals surface area contributed by atoms with E-state index in [-0.39, 0.29) is 44.7 Å². The van der Waals surface area contributed by atoms with Gasteiger partial charge in [0.15, 0.2) is 17.4 Å². The summed E-state index contributed by atoms with van der Waals surface area (Å²) in [5, 5.41) is -0.235. The number of nitrogens with zero attached hydrogens (tertiary/aromatic N) is 1. The van der Waals surface area contributed by atoms with E-state index < -0.39 is 23.0 Å². The van der Waals surface area contributed by atoms with E-state index in [0.29, 0.717) is 18.7 Å². The first kappa shape index (κ1) is 31.8. The zero-order valence-corrected chi connectivity index (χ0v) is 26.9. The molecule has 1 aliphatic rings. The Kier molecular flexibility index (Phi) is 9.49. The van der Waals surface area contributed by atoms with Crippen molar-refractivity contribution in [3.8, 4) is 0 Å². The average Bonchev–Trinajstić information content (AvgIpc) is 2.99. The summed E-state index contributed by atoms with van der Waals surface area (Å²) in [6.45, 7) is 10.8. The first-order valence-electron chi connectivity index (χ1n) is 15.1. The second-order valence-electron chi connectivity index (χ2n) is 12.6. The van der Waals surface area contributed by atoms with Gasteiger partial charge in [0.2, 0.25) is 9.76 Å². The lowest BCUT2D eigenvalue weighted by Gasteiger charge is -2.43. The number of anilines is 1. The first-order chi connectivity index (χ1) is 21.0. The number of morpholine rings is 1. The van der Waals surface area contributed by atoms with Gasteiger partial charge in [-0.05, 0) is 41.6 Å². The van der Waals surface area contributed by atoms with Gasteiger partial charge >= 0.3 is 0 Å². The van der Waals surface area contributed by atoms with Gasteiger partial charge in [-0.3, -0.25) is 4.79 Å². The summed E-state index contributed by atoms with van der Waals surface area (Å²) < 4.78 is 46.1. The predicted molar refractivity (Wildman–Crippen MR) is 172 cm³/mol. The van der Waals surface area contributed by atoms with Crippen molar-refractivity contribution in [1.82, 2.24) is 0 Å². The molecular formula is C37H39F2NO3Si. The van der Waals surface area contributed by atoms with Crippen LogP contribution in [0.4, 0.5) is 14.5 Å². The van der Waals surface area contributed by atoms with Crippen LogP contribution in [-0.2, 0) is 21.2 Å². The molecule has 0 saturated carbocycles. The highest BCUT2D eigenvalue weighted by Crippen LogP contribution is 2.48. The summed E-state index contributed by atoms with van der Waals surface area (Å²) >= 11 is 0. The monoisotopic (exact) mass is 611 g/mol. The molecule has 1 heterocycles. The lowest BCUT2D eigenvalue weighted by molar-refractivity contribution is -0.00567. The van der Waals surface area contributed by atoms with E-state index in [2.05, 4.69) is 20.8 Å². The molecule has 0 spiro atoms. The van der Waals surface area contributed by atoms with Crippen molar-refractivity contribution >= 4 is 21.2 Å². The number of ether oxygens (including phenoxy) is 1. The second-order valence-corrected chi connectivity index (χ2v) is 14.5. The van der Waals surface area contributed by atoms with Gasteiger partial charge in [0.1, 0.15) is 5.60 Å². The molecule has 0 bridgehead atoms. The molecule has 44 heavy (non-hydrogen) atoms. The molecule has 5 rings (SSSR count). The summed E-state index contributed by atoms with van der Waals surface area (Å²) in [4.78, 5) is 15.6. The molecule has 4 aromatic carbocycles. The maximum Gasteiger partial charge on any atom is 0.237 e. The second kappa shape index (κ2) is 13.1. The number of hydrogen-bond donors (Lipinski definition) is 0. The van der Waals surface area contributed by atoms with Gasteiger partial charge in [-0.25, -0.2) is 8.78 Å². The number of hydrogen-bond acceptors (Lipinski definition) is 4. The van der Waals surface area contributed by atoms with Crippen LogP contribution in [-0.4, -0.2) is 40.8 Å². The molecule has 0 aromatic heterocycles. The van der Waals surface area contributed by atoms with Gasteiger partial charge in [0.05, 0.1) is 23.5 Å². The van der Waals surface area contributed by atoms with Crippen LogP contribution in [0.25, 0.3) is 0 Å². The fourth-order valence-electron chi connectivity index (χ4n) is 5.86. The Balaban J connectivity index is 1.84. The molecule has 2 atom stereocenters. The molecule has 2 unspecified atom stereocenters. The van der Waals surface area contributed by atoms with Gasteiger partial charge in [0.25, 0.3) is 0 Å². The predicted octanol–water partition coefficient (Wildman–Crippen LogP) is 8.15. The number of halogens is 2. The molecule has 7 heteroatoms. The molecule has 0 aliphatic carbocycles. The van der Waals surface area contributed by atoms with Gasteiger partial charge in [-0.2, -0.15) is 0 Å². The summed E-state index contributed by atoms with van der Waals surface area (Å²) in [5.41, 5.74) is 1.07. The molecule has 4 nitrogen and oxygen atoms in total. The number of carbonyl (C=O) groups excluding carboxylic acids is 1. The van der Waals surface area contributed by atoms with E-state index in [4.69, 9.17) is 9.16 Å². The quantitative estimate of drug-likeness (QED) is 0.109. The highest BCUT2D eigenvalue weighted by atomic mass is 28.2. The van der Waals surface area contributed by atoms with Crippen LogP contribution in [0.3, 0.4) is 0 Å². The minimum absolute atomic E-state index is 0.0160. The van der Waals surface area contributed by atoms with Crippen LogP contribution >= 0.6 is 0 Å². The van der Waals surface area contributed by atoms with Crippen LogP contribution in [0.2, 0.25) is 5.04 Å². The largest absolute Gasteiger partial charge is 0.400 e. The Labute approximate surface area is 262 Å². The van der Waals surface area contributed by atoms with Gasteiger partial charge in [-0.15, -0.1) is 0 Å². The first-order valence-corrected chi connectivity index (χ1v) is 16.0. The Bertz CT molecular complexity index is 1530. The van der Waals surface area contributed by atoms with Crippen LogP contribution in [0, 0.1) is 11.6 Å². The standard InChI is InChI=1S/C37H39F2NO3Si/c1-25-23-40(24-26(2)42-25)35-31(22-30(33(38)34(35)39)32(41)21-27-15-9-6-10-16-27)37(43-44-36(3,4)5,28-17-11-7-12-18-28)29-19-13-8-14-20-29/h6-20,22,25-26H,21,23-24H2,1-5H3. The third-order valence-electron chi connectivity index (χ3n) is 7.67. The van der Waals surface area contributed by atoms with Crippen molar-refractivity contribution in [3.63, 3.8) is 0 Å². The Hall–Kier alpha value is -3.65. The molecule has 4 aromatic rings. The smallest absolute Gasteiger partial charge is 0.237 e. The van der Waals surface area contributed by atoms with E-state index in [1.807, 2.05) is 110 Å². The Morgan fingerprint density at radius 3 is 1.84 bits per heavy atom. The average molecular weight is 612 g/mol. The Morgan fingerprint density at radius 2 is 1.34 bits per heavy atom. The normalized spacial score (nSPS) is 17.5. The van der Waals surface area contributed by atoms with Crippen LogP contribution in [0.1, 0.15) is 67.2 Å². The van der Waals surface area contributed by atoms with E-state index in [1.54, 1.807) is 0 Å². The molecule has 1 aliphatic heterocycles. The molecule has 0 amide bonds. The highest BCUT2D eigenvalue weighted by Gasteiger charge is 2.44. The molecule has 228 valence electrons. The maximum absolute atomic E-state index is 16.8. The van der Waals surface area contributed by atoms with Crippen LogP contribution in [0.5, 0.6) is 0 Å². The maximum atomic E-state index is 16.8. The number of ketones is 1. The molecular weight excluding hydrogens is 572 g/mol. The fourth-order valence-corrected chi connectivity index (χ4v) is 6.66. The minimum Gasteiger partial charge on any atom is -0.400 e. The van der Waals surface area contributed by atoms with Gasteiger partial charge in [-0.1, -0.05) is 112 Å². The fraction of sp³-hybridized carbons (Fsp3) is 0.324. The van der Waals surface area contributed by atoms with E-state index >= 15 is 8.78 Å². The van der Waals surface area contributed by atoms with Crippen molar-refractivity contribution in [2.45, 2.75) is 63.9 Å². The number of rotatable bonds is 9. The number of benzene rings is 4. The van der Waals surface area contributed by atoms with E-state index in [1.165, 1.54) is 6.07 Å². The molecule has 1 fully saturated rings. The summed E-state index contributed by atoms with van der Waals surface area (Å²) in [7, 11) is -0.0160. The van der Waals surface area contributed by atoms with Crippen molar-refractivity contribution in [3.05, 3.63) is 137 Å². The van der Waals surface area contributed by atoms with Crippen LogP contribution in [0.15, 0.2) is 97.1 Å². The molecule has 2 radical (unpaired) electrons. The van der Waals surface area contributed by atoms with E-state index in [9.17, 15) is 4.79 Å². The SMILES string of the molecule is CC1CN(c2c(C(O[Si]C(C)(C)C)(c3ccccc3)c3ccccc3)cc(C(=O)Cc3ccccc3)c(F)c2F)CC(C)O1. The summed E-state index contributed by atoms with van der Waals surface area (Å²) in [5.74, 6) is -2.71. The molecule has 1 saturated heterocycles. The number of Topliss-reactive ketones (excluding diaryl/α,β-unsaturated/α-hetero) is 1. The third kappa shape index (κ3) is 6.70. The topological polar surface area (TPSA) is 38.8 Å². The van der Waals surface area contributed by atoms with Crippen molar-refractivity contribution < 1.29 is 22.7 Å². The zero-order valence-electron chi connectivity index (χ0n) is 25.9. The van der Waals surface area contributed by atoms with Crippen molar-refractivity contribution in [1.29, 1.82) is 0 Å². The zero-order chi connectivity index (χ0) is 31.5. The lowest BCUT2D eigenvalue weighted by atomic mass is 9.78. The van der Waals surface area contributed by atoms with Crippen LogP contribution < -0.4 is 4.90 Å².